The molecule has 2 rings (SSSR count). The molecule has 1 atom stereocenters. The molecule has 5 nitrogen and oxygen atoms in total. The molecule has 0 saturated heterocycles. The van der Waals surface area contributed by atoms with Gasteiger partial charge < -0.3 is 15.0 Å². The summed E-state index contributed by atoms with van der Waals surface area (Å²) in [6, 6.07) is 15.3. The van der Waals surface area contributed by atoms with E-state index < -0.39 is 6.04 Å². The summed E-state index contributed by atoms with van der Waals surface area (Å²) in [6.07, 6.45) is 2.10. The van der Waals surface area contributed by atoms with Gasteiger partial charge >= 0.3 is 0 Å². The lowest BCUT2D eigenvalue weighted by atomic mass is 10.1. The summed E-state index contributed by atoms with van der Waals surface area (Å²) < 4.78 is 5.77. The first-order valence-corrected chi connectivity index (χ1v) is 10.8. The second-order valence-corrected chi connectivity index (χ2v) is 7.57. The average Bonchev–Trinajstić information content (AvgIpc) is 2.76. The minimum absolute atomic E-state index is 0.0884. The molecule has 2 amide bonds. The van der Waals surface area contributed by atoms with E-state index in [1.807, 2.05) is 76.2 Å². The van der Waals surface area contributed by atoms with Crippen molar-refractivity contribution in [3.8, 4) is 5.75 Å². The Hall–Kier alpha value is -2.82. The predicted molar refractivity (Wildman–Crippen MR) is 121 cm³/mol. The minimum Gasteiger partial charge on any atom is -0.484 e. The van der Waals surface area contributed by atoms with Crippen LogP contribution in [0.5, 0.6) is 5.75 Å². The van der Waals surface area contributed by atoms with Gasteiger partial charge in [-0.1, -0.05) is 50.2 Å². The van der Waals surface area contributed by atoms with Crippen molar-refractivity contribution in [1.82, 2.24) is 10.2 Å². The van der Waals surface area contributed by atoms with E-state index in [1.165, 1.54) is 5.56 Å². The summed E-state index contributed by atoms with van der Waals surface area (Å²) in [7, 11) is 0. The van der Waals surface area contributed by atoms with Gasteiger partial charge in [0.25, 0.3) is 5.91 Å². The van der Waals surface area contributed by atoms with Crippen LogP contribution in [0.3, 0.4) is 0 Å². The van der Waals surface area contributed by atoms with Gasteiger partial charge in [0.05, 0.1) is 0 Å². The molecule has 1 N–H and O–H groups in total. The van der Waals surface area contributed by atoms with Crippen LogP contribution >= 0.6 is 0 Å². The number of hydrogen-bond donors (Lipinski definition) is 1. The summed E-state index contributed by atoms with van der Waals surface area (Å²) in [5.41, 5.74) is 3.43. The molecule has 0 spiro atoms. The summed E-state index contributed by atoms with van der Waals surface area (Å²) in [5.74, 6) is 0.382. The smallest absolute Gasteiger partial charge is 0.261 e. The van der Waals surface area contributed by atoms with Crippen LogP contribution in [0.4, 0.5) is 0 Å². The van der Waals surface area contributed by atoms with Gasteiger partial charge in [0.1, 0.15) is 11.8 Å². The lowest BCUT2D eigenvalue weighted by molar-refractivity contribution is -0.142. The van der Waals surface area contributed by atoms with Crippen molar-refractivity contribution in [2.75, 3.05) is 19.7 Å². The zero-order valence-corrected chi connectivity index (χ0v) is 18.6. The van der Waals surface area contributed by atoms with E-state index >= 15 is 0 Å². The standard InChI is InChI=1S/C25H34N2O3/c1-5-15-26-25(29)23(6-2)27(16-14-21-10-8-7-9-11-21)24(28)18-30-22-13-12-19(3)20(4)17-22/h7-13,17,23H,5-6,14-16,18H2,1-4H3,(H,26,29)/t23-/m1/s1. The van der Waals surface area contributed by atoms with Crippen LogP contribution in [0.25, 0.3) is 0 Å². The maximum atomic E-state index is 13.1. The molecule has 30 heavy (non-hydrogen) atoms. The molecule has 0 heterocycles. The Labute approximate surface area is 180 Å². The normalized spacial score (nSPS) is 11.6. The van der Waals surface area contributed by atoms with Crippen molar-refractivity contribution in [3.05, 3.63) is 65.2 Å². The van der Waals surface area contributed by atoms with Crippen LogP contribution in [-0.4, -0.2) is 42.5 Å². The van der Waals surface area contributed by atoms with Crippen LogP contribution in [0.15, 0.2) is 48.5 Å². The fraction of sp³-hybridized carbons (Fsp3) is 0.440. The predicted octanol–water partition coefficient (Wildman–Crippen LogP) is 4.06. The number of hydrogen-bond acceptors (Lipinski definition) is 3. The Morgan fingerprint density at radius 3 is 2.40 bits per heavy atom. The monoisotopic (exact) mass is 410 g/mol. The van der Waals surface area contributed by atoms with Gasteiger partial charge in [0.2, 0.25) is 5.91 Å². The number of carbonyl (C=O) groups is 2. The molecule has 2 aromatic rings. The molecule has 2 aromatic carbocycles. The third-order valence-electron chi connectivity index (χ3n) is 5.26. The highest BCUT2D eigenvalue weighted by Crippen LogP contribution is 2.17. The third kappa shape index (κ3) is 6.90. The van der Waals surface area contributed by atoms with Gasteiger partial charge in [-0.3, -0.25) is 9.59 Å². The van der Waals surface area contributed by atoms with Gasteiger partial charge in [-0.2, -0.15) is 0 Å². The molecule has 0 bridgehead atoms. The molecule has 162 valence electrons. The first kappa shape index (κ1) is 23.5. The van der Waals surface area contributed by atoms with Gasteiger partial charge in [-0.25, -0.2) is 0 Å². The maximum Gasteiger partial charge on any atom is 0.261 e. The highest BCUT2D eigenvalue weighted by Gasteiger charge is 2.28. The molecular weight excluding hydrogens is 376 g/mol. The summed E-state index contributed by atoms with van der Waals surface area (Å²) in [5, 5.41) is 2.93. The fourth-order valence-electron chi connectivity index (χ4n) is 3.29. The lowest BCUT2D eigenvalue weighted by Crippen LogP contribution is -2.51. The Morgan fingerprint density at radius 2 is 1.77 bits per heavy atom. The van der Waals surface area contributed by atoms with Crippen LogP contribution in [0.1, 0.15) is 43.4 Å². The molecule has 0 aliphatic heterocycles. The SMILES string of the molecule is CCCNC(=O)[C@@H](CC)N(CCc1ccccc1)C(=O)COc1ccc(C)c(C)c1. The van der Waals surface area contributed by atoms with Crippen LogP contribution in [0.2, 0.25) is 0 Å². The van der Waals surface area contributed by atoms with Crippen molar-refractivity contribution >= 4 is 11.8 Å². The summed E-state index contributed by atoms with van der Waals surface area (Å²) in [4.78, 5) is 27.5. The third-order valence-corrected chi connectivity index (χ3v) is 5.26. The van der Waals surface area contributed by atoms with E-state index in [0.717, 1.165) is 17.5 Å². The summed E-state index contributed by atoms with van der Waals surface area (Å²) in [6.45, 7) is 8.99. The molecular formula is C25H34N2O3. The van der Waals surface area contributed by atoms with E-state index in [-0.39, 0.29) is 18.4 Å². The number of nitrogens with one attached hydrogen (secondary N) is 1. The largest absolute Gasteiger partial charge is 0.484 e. The zero-order valence-electron chi connectivity index (χ0n) is 18.6. The van der Waals surface area contributed by atoms with E-state index in [2.05, 4.69) is 5.32 Å². The number of rotatable bonds is 11. The summed E-state index contributed by atoms with van der Waals surface area (Å²) >= 11 is 0. The number of carbonyl (C=O) groups excluding carboxylic acids is 2. The molecule has 0 radical (unpaired) electrons. The number of nitrogens with zero attached hydrogens (tertiary/aromatic N) is 1. The molecule has 0 fully saturated rings. The maximum absolute atomic E-state index is 13.1. The number of aryl methyl sites for hydroxylation is 2. The zero-order chi connectivity index (χ0) is 21.9. The molecule has 5 heteroatoms. The highest BCUT2D eigenvalue weighted by atomic mass is 16.5. The minimum atomic E-state index is -0.504. The second-order valence-electron chi connectivity index (χ2n) is 7.57. The topological polar surface area (TPSA) is 58.6 Å². The molecule has 0 unspecified atom stereocenters. The van der Waals surface area contributed by atoms with Crippen molar-refractivity contribution in [3.63, 3.8) is 0 Å². The Morgan fingerprint density at radius 1 is 1.03 bits per heavy atom. The van der Waals surface area contributed by atoms with Gasteiger partial charge in [-0.05, 0) is 61.9 Å². The number of amides is 2. The average molecular weight is 411 g/mol. The Balaban J connectivity index is 2.11. The first-order chi connectivity index (χ1) is 14.5. The lowest BCUT2D eigenvalue weighted by Gasteiger charge is -2.30. The van der Waals surface area contributed by atoms with E-state index in [0.29, 0.717) is 31.7 Å². The van der Waals surface area contributed by atoms with Crippen LogP contribution in [-0.2, 0) is 16.0 Å². The molecule has 0 aliphatic carbocycles. The van der Waals surface area contributed by atoms with Gasteiger partial charge in [-0.15, -0.1) is 0 Å². The van der Waals surface area contributed by atoms with Gasteiger partial charge in [0, 0.05) is 13.1 Å². The van der Waals surface area contributed by atoms with E-state index in [4.69, 9.17) is 4.74 Å². The number of benzene rings is 2. The number of ether oxygens (including phenoxy) is 1. The van der Waals surface area contributed by atoms with Crippen LogP contribution < -0.4 is 10.1 Å². The fourth-order valence-corrected chi connectivity index (χ4v) is 3.29. The van der Waals surface area contributed by atoms with E-state index in [9.17, 15) is 9.59 Å². The Bertz CT molecular complexity index is 820. The molecule has 0 saturated carbocycles. The van der Waals surface area contributed by atoms with Crippen molar-refractivity contribution in [1.29, 1.82) is 0 Å². The highest BCUT2D eigenvalue weighted by molar-refractivity contribution is 5.88. The van der Waals surface area contributed by atoms with Gasteiger partial charge in [0.15, 0.2) is 6.61 Å². The second kappa shape index (κ2) is 12.0. The molecule has 0 aromatic heterocycles. The first-order valence-electron chi connectivity index (χ1n) is 10.8. The van der Waals surface area contributed by atoms with Crippen molar-refractivity contribution in [2.24, 2.45) is 0 Å². The molecule has 0 aliphatic rings. The quantitative estimate of drug-likeness (QED) is 0.608. The van der Waals surface area contributed by atoms with Crippen LogP contribution in [0, 0.1) is 13.8 Å². The van der Waals surface area contributed by atoms with Crippen molar-refractivity contribution in [2.45, 2.75) is 53.0 Å². The van der Waals surface area contributed by atoms with E-state index in [1.54, 1.807) is 4.90 Å². The Kier molecular flexibility index (Phi) is 9.39. The van der Waals surface area contributed by atoms with Crippen molar-refractivity contribution < 1.29 is 14.3 Å².